The molecule has 4 N–H and O–H groups in total. The first-order valence-electron chi connectivity index (χ1n) is 13.6. The Kier molecular flexibility index (Phi) is 10.2. The summed E-state index contributed by atoms with van der Waals surface area (Å²) in [6.45, 7) is 5.63. The molecule has 0 saturated carbocycles. The van der Waals surface area contributed by atoms with Crippen LogP contribution in [0.1, 0.15) is 42.7 Å². The predicted molar refractivity (Wildman–Crippen MR) is 156 cm³/mol. The van der Waals surface area contributed by atoms with Gasteiger partial charge in [-0.2, -0.15) is 0 Å². The molecule has 0 aliphatic carbocycles. The van der Waals surface area contributed by atoms with E-state index in [1.54, 1.807) is 16.2 Å². The van der Waals surface area contributed by atoms with Crippen molar-refractivity contribution in [2.75, 3.05) is 32.7 Å². The highest BCUT2D eigenvalue weighted by molar-refractivity contribution is 7.09. The highest BCUT2D eigenvalue weighted by Crippen LogP contribution is 2.30. The Morgan fingerprint density at radius 3 is 2.67 bits per heavy atom. The maximum absolute atomic E-state index is 13.6. The SMILES string of the molecule is C[C@@H]1N=C(N2CCN(C(=O)C(N)CC3CCNCC3)C(C(=O)NCc3cccs3)C2)O[C@H]1c1ccccc1.Cl. The number of nitrogens with zero attached hydrogens (tertiary/aromatic N) is 3. The van der Waals surface area contributed by atoms with Gasteiger partial charge in [-0.3, -0.25) is 9.59 Å². The number of hydrogen-bond acceptors (Lipinski definition) is 8. The quantitative estimate of drug-likeness (QED) is 0.468. The second kappa shape index (κ2) is 13.6. The summed E-state index contributed by atoms with van der Waals surface area (Å²) in [5.41, 5.74) is 7.52. The second-order valence-corrected chi connectivity index (χ2v) is 11.5. The summed E-state index contributed by atoms with van der Waals surface area (Å²) in [6.07, 6.45) is 2.53. The average molecular weight is 575 g/mol. The van der Waals surface area contributed by atoms with Gasteiger partial charge in [0.2, 0.25) is 11.8 Å². The van der Waals surface area contributed by atoms with Crippen molar-refractivity contribution in [2.24, 2.45) is 16.6 Å². The van der Waals surface area contributed by atoms with Crippen molar-refractivity contribution in [3.05, 3.63) is 58.3 Å². The molecule has 3 aliphatic rings. The van der Waals surface area contributed by atoms with Gasteiger partial charge in [-0.05, 0) is 62.2 Å². The molecule has 4 atom stereocenters. The maximum atomic E-state index is 13.6. The minimum absolute atomic E-state index is 0. The van der Waals surface area contributed by atoms with Gasteiger partial charge in [0.25, 0.3) is 6.02 Å². The van der Waals surface area contributed by atoms with E-state index in [2.05, 4.69) is 10.6 Å². The summed E-state index contributed by atoms with van der Waals surface area (Å²) in [4.78, 5) is 36.6. The molecule has 2 aromatic rings. The minimum atomic E-state index is -0.673. The number of benzene rings is 1. The Hall–Kier alpha value is -2.66. The van der Waals surface area contributed by atoms with E-state index in [1.165, 1.54) is 0 Å². The molecule has 2 amide bonds. The Morgan fingerprint density at radius 1 is 1.18 bits per heavy atom. The molecule has 4 heterocycles. The molecular weight excluding hydrogens is 536 g/mol. The van der Waals surface area contributed by atoms with E-state index < -0.39 is 12.1 Å². The van der Waals surface area contributed by atoms with Gasteiger partial charge in [-0.15, -0.1) is 23.7 Å². The number of nitrogens with two attached hydrogens (primary N) is 1. The van der Waals surface area contributed by atoms with Gasteiger partial charge < -0.3 is 30.9 Å². The minimum Gasteiger partial charge on any atom is -0.455 e. The molecule has 11 heteroatoms. The van der Waals surface area contributed by atoms with Crippen LogP contribution in [0.4, 0.5) is 0 Å². The fourth-order valence-corrected chi connectivity index (χ4v) is 6.21. The van der Waals surface area contributed by atoms with Crippen LogP contribution in [0.15, 0.2) is 52.8 Å². The van der Waals surface area contributed by atoms with Crippen molar-refractivity contribution >= 4 is 41.6 Å². The highest BCUT2D eigenvalue weighted by Gasteiger charge is 2.41. The van der Waals surface area contributed by atoms with Crippen LogP contribution in [0.25, 0.3) is 0 Å². The fraction of sp³-hybridized carbons (Fsp3) is 0.536. The summed E-state index contributed by atoms with van der Waals surface area (Å²) in [5.74, 6) is 0.0984. The monoisotopic (exact) mass is 574 g/mol. The largest absolute Gasteiger partial charge is 0.455 e. The second-order valence-electron chi connectivity index (χ2n) is 10.4. The molecule has 39 heavy (non-hydrogen) atoms. The van der Waals surface area contributed by atoms with E-state index >= 15 is 0 Å². The van der Waals surface area contributed by atoms with Gasteiger partial charge in [-0.25, -0.2) is 4.99 Å². The summed E-state index contributed by atoms with van der Waals surface area (Å²) in [5, 5.41) is 8.38. The lowest BCUT2D eigenvalue weighted by atomic mass is 9.90. The van der Waals surface area contributed by atoms with E-state index in [0.717, 1.165) is 36.4 Å². The zero-order valence-corrected chi connectivity index (χ0v) is 24.0. The third kappa shape index (κ3) is 7.11. The molecule has 2 fully saturated rings. The van der Waals surface area contributed by atoms with E-state index in [0.29, 0.717) is 44.5 Å². The smallest absolute Gasteiger partial charge is 0.288 e. The molecule has 0 bridgehead atoms. The van der Waals surface area contributed by atoms with E-state index in [4.69, 9.17) is 15.5 Å². The van der Waals surface area contributed by atoms with Crippen molar-refractivity contribution < 1.29 is 14.3 Å². The van der Waals surface area contributed by atoms with Crippen LogP contribution in [0.5, 0.6) is 0 Å². The summed E-state index contributed by atoms with van der Waals surface area (Å²) < 4.78 is 6.30. The van der Waals surface area contributed by atoms with Crippen molar-refractivity contribution in [1.82, 2.24) is 20.4 Å². The van der Waals surface area contributed by atoms with Crippen molar-refractivity contribution in [2.45, 2.75) is 57.0 Å². The maximum Gasteiger partial charge on any atom is 0.288 e. The normalized spacial score (nSPS) is 24.4. The molecule has 9 nitrogen and oxygen atoms in total. The number of carbonyl (C=O) groups excluding carboxylic acids is 2. The first-order valence-corrected chi connectivity index (χ1v) is 14.5. The van der Waals surface area contributed by atoms with E-state index in [1.807, 2.05) is 59.7 Å². The number of thiophene rings is 1. The van der Waals surface area contributed by atoms with Crippen molar-refractivity contribution in [1.29, 1.82) is 0 Å². The van der Waals surface area contributed by atoms with Crippen LogP contribution in [0.3, 0.4) is 0 Å². The van der Waals surface area contributed by atoms with Crippen LogP contribution < -0.4 is 16.4 Å². The molecule has 0 radical (unpaired) electrons. The van der Waals surface area contributed by atoms with E-state index in [-0.39, 0.29) is 36.4 Å². The lowest BCUT2D eigenvalue weighted by Gasteiger charge is -2.42. The van der Waals surface area contributed by atoms with Gasteiger partial charge in [0.1, 0.15) is 12.1 Å². The molecule has 212 valence electrons. The molecule has 2 saturated heterocycles. The zero-order valence-electron chi connectivity index (χ0n) is 22.3. The standard InChI is InChI=1S/C28H38N6O3S.ClH/c1-19-25(21-6-3-2-4-7-21)37-28(32-19)33-13-14-34(27(36)23(29)16-20-9-11-30-12-10-20)24(18-33)26(35)31-17-22-8-5-15-38-22;/h2-8,15,19-20,23-25,30H,9-14,16-18,29H2,1H3,(H,31,35);1H/t19-,23?,24?,25+;/m0./s1. The van der Waals surface area contributed by atoms with Gasteiger partial charge in [0.15, 0.2) is 0 Å². The number of nitrogens with one attached hydrogen (secondary N) is 2. The molecular formula is C28H39ClN6O3S. The number of piperidine rings is 1. The lowest BCUT2D eigenvalue weighted by molar-refractivity contribution is -0.144. The number of amides is 2. The molecule has 0 spiro atoms. The number of aliphatic imine (C=N–C) groups is 1. The number of amidine groups is 1. The third-order valence-electron chi connectivity index (χ3n) is 7.73. The van der Waals surface area contributed by atoms with Gasteiger partial charge in [0, 0.05) is 18.0 Å². The van der Waals surface area contributed by atoms with Gasteiger partial charge >= 0.3 is 0 Å². The first kappa shape index (κ1) is 29.3. The van der Waals surface area contributed by atoms with E-state index in [9.17, 15) is 9.59 Å². The Morgan fingerprint density at radius 2 is 1.95 bits per heavy atom. The summed E-state index contributed by atoms with van der Waals surface area (Å²) in [7, 11) is 0. The van der Waals surface area contributed by atoms with Crippen LogP contribution in [-0.2, 0) is 20.9 Å². The number of halogens is 1. The fourth-order valence-electron chi connectivity index (χ4n) is 5.57. The van der Waals surface area contributed by atoms with Crippen LogP contribution in [0.2, 0.25) is 0 Å². The van der Waals surface area contributed by atoms with Crippen molar-refractivity contribution in [3.8, 4) is 0 Å². The summed E-state index contributed by atoms with van der Waals surface area (Å²) >= 11 is 1.59. The highest BCUT2D eigenvalue weighted by atomic mass is 35.5. The number of ether oxygens (including phenoxy) is 1. The zero-order chi connectivity index (χ0) is 26.5. The molecule has 3 aliphatic heterocycles. The first-order chi connectivity index (χ1) is 18.5. The number of rotatable bonds is 7. The number of carbonyl (C=O) groups is 2. The van der Waals surface area contributed by atoms with Gasteiger partial charge in [-0.1, -0.05) is 36.4 Å². The Labute approximate surface area is 240 Å². The Balaban J connectivity index is 0.00000353. The number of hydrogen-bond donors (Lipinski definition) is 3. The predicted octanol–water partition coefficient (Wildman–Crippen LogP) is 2.53. The molecule has 5 rings (SSSR count). The van der Waals surface area contributed by atoms with Crippen molar-refractivity contribution in [3.63, 3.8) is 0 Å². The summed E-state index contributed by atoms with van der Waals surface area (Å²) in [6, 6.07) is 13.2. The Bertz CT molecular complexity index is 1110. The topological polar surface area (TPSA) is 112 Å². The van der Waals surface area contributed by atoms with Crippen LogP contribution in [0, 0.1) is 5.92 Å². The number of piperazine rings is 1. The molecule has 1 aromatic carbocycles. The van der Waals surface area contributed by atoms with Crippen LogP contribution in [-0.4, -0.2) is 78.5 Å². The average Bonchev–Trinajstić information content (AvgIpc) is 3.62. The lowest BCUT2D eigenvalue weighted by Crippen LogP contribution is -2.63. The molecule has 1 aromatic heterocycles. The third-order valence-corrected chi connectivity index (χ3v) is 8.61. The molecule has 2 unspecified atom stereocenters. The van der Waals surface area contributed by atoms with Crippen LogP contribution >= 0.6 is 23.7 Å². The van der Waals surface area contributed by atoms with Gasteiger partial charge in [0.05, 0.1) is 25.2 Å².